The first-order chi connectivity index (χ1) is 10.0. The third-order valence-electron chi connectivity index (χ3n) is 2.90. The lowest BCUT2D eigenvalue weighted by molar-refractivity contribution is 0.0752. The number of amides is 1. The van der Waals surface area contributed by atoms with Gasteiger partial charge >= 0.3 is 0 Å². The molecule has 1 aromatic carbocycles. The summed E-state index contributed by atoms with van der Waals surface area (Å²) in [7, 11) is 0. The Morgan fingerprint density at radius 2 is 2.24 bits per heavy atom. The summed E-state index contributed by atoms with van der Waals surface area (Å²) in [5, 5.41) is 17.6. The molecule has 1 unspecified atom stereocenters. The fourth-order valence-electron chi connectivity index (χ4n) is 1.84. The molecule has 4 nitrogen and oxygen atoms in total. The largest absolute Gasteiger partial charge is 0.384 e. The molecule has 1 amide bonds. The number of rotatable bonds is 4. The molecule has 110 valence electrons. The van der Waals surface area contributed by atoms with Gasteiger partial charge in [0.05, 0.1) is 17.6 Å². The molecule has 0 aliphatic carbocycles. The lowest BCUT2D eigenvalue weighted by Crippen LogP contribution is -2.34. The van der Waals surface area contributed by atoms with E-state index < -0.39 is 5.82 Å². The van der Waals surface area contributed by atoms with E-state index in [-0.39, 0.29) is 29.6 Å². The van der Waals surface area contributed by atoms with Crippen LogP contribution in [0.2, 0.25) is 0 Å². The molecular formula is C16H17FN2O2. The second kappa shape index (κ2) is 8.04. The van der Waals surface area contributed by atoms with Crippen LogP contribution in [0.1, 0.15) is 29.8 Å². The molecule has 0 saturated heterocycles. The van der Waals surface area contributed by atoms with Crippen LogP contribution in [0.3, 0.4) is 0 Å². The summed E-state index contributed by atoms with van der Waals surface area (Å²) in [5.74, 6) is 3.90. The molecule has 0 aliphatic rings. The minimum atomic E-state index is -0.498. The molecule has 0 spiro atoms. The van der Waals surface area contributed by atoms with Crippen molar-refractivity contribution in [3.05, 3.63) is 35.1 Å². The third-order valence-corrected chi connectivity index (χ3v) is 2.90. The molecule has 21 heavy (non-hydrogen) atoms. The normalized spacial score (nSPS) is 11.0. The van der Waals surface area contributed by atoms with Gasteiger partial charge in [0.1, 0.15) is 12.4 Å². The predicted octanol–water partition coefficient (Wildman–Crippen LogP) is 1.79. The van der Waals surface area contributed by atoms with Crippen molar-refractivity contribution in [3.8, 4) is 17.9 Å². The van der Waals surface area contributed by atoms with Gasteiger partial charge in [0.2, 0.25) is 0 Å². The standard InChI is InChI=1S/C16H17FN2O2/c1-3-19(11-12(2)10-18)16(21)15-7-6-14(17)9-13(15)5-4-8-20/h6-7,9,12,20H,3,8,11H2,1-2H3. The quantitative estimate of drug-likeness (QED) is 0.859. The van der Waals surface area contributed by atoms with Gasteiger partial charge in [-0.3, -0.25) is 4.79 Å². The summed E-state index contributed by atoms with van der Waals surface area (Å²) >= 11 is 0. The van der Waals surface area contributed by atoms with Crippen LogP contribution in [0.25, 0.3) is 0 Å². The van der Waals surface area contributed by atoms with Crippen molar-refractivity contribution in [2.45, 2.75) is 13.8 Å². The number of carbonyl (C=O) groups is 1. The second-order valence-corrected chi connectivity index (χ2v) is 4.52. The molecular weight excluding hydrogens is 271 g/mol. The summed E-state index contributed by atoms with van der Waals surface area (Å²) in [4.78, 5) is 14.0. The number of aliphatic hydroxyl groups excluding tert-OH is 1. The fourth-order valence-corrected chi connectivity index (χ4v) is 1.84. The van der Waals surface area contributed by atoms with Crippen molar-refractivity contribution >= 4 is 5.91 Å². The Balaban J connectivity index is 3.13. The maximum absolute atomic E-state index is 13.3. The molecule has 1 atom stereocenters. The number of halogens is 1. The van der Waals surface area contributed by atoms with E-state index in [2.05, 4.69) is 17.9 Å². The monoisotopic (exact) mass is 288 g/mol. The Bertz CT molecular complexity index is 611. The third kappa shape index (κ3) is 4.59. The molecule has 1 rings (SSSR count). The first-order valence-electron chi connectivity index (χ1n) is 6.61. The summed E-state index contributed by atoms with van der Waals surface area (Å²) in [6.07, 6.45) is 0. The lowest BCUT2D eigenvalue weighted by Gasteiger charge is -2.22. The molecule has 0 fully saturated rings. The van der Waals surface area contributed by atoms with Gasteiger partial charge in [-0.2, -0.15) is 5.26 Å². The van der Waals surface area contributed by atoms with E-state index in [4.69, 9.17) is 10.4 Å². The van der Waals surface area contributed by atoms with Gasteiger partial charge in [0.15, 0.2) is 0 Å². The molecule has 0 bridgehead atoms. The van der Waals surface area contributed by atoms with Crippen LogP contribution < -0.4 is 0 Å². The molecule has 0 aromatic heterocycles. The van der Waals surface area contributed by atoms with E-state index in [1.165, 1.54) is 17.0 Å². The van der Waals surface area contributed by atoms with Crippen molar-refractivity contribution in [3.63, 3.8) is 0 Å². The SMILES string of the molecule is CCN(CC(C)C#N)C(=O)c1ccc(F)cc1C#CCO. The number of carbonyl (C=O) groups excluding carboxylic acids is 1. The molecule has 0 radical (unpaired) electrons. The highest BCUT2D eigenvalue weighted by molar-refractivity contribution is 5.96. The van der Waals surface area contributed by atoms with E-state index in [0.29, 0.717) is 13.1 Å². The maximum Gasteiger partial charge on any atom is 0.255 e. The van der Waals surface area contributed by atoms with Crippen molar-refractivity contribution in [1.29, 1.82) is 5.26 Å². The number of benzene rings is 1. The van der Waals surface area contributed by atoms with Crippen LogP contribution in [0.5, 0.6) is 0 Å². The minimum absolute atomic E-state index is 0.233. The zero-order chi connectivity index (χ0) is 15.8. The van der Waals surface area contributed by atoms with E-state index >= 15 is 0 Å². The topological polar surface area (TPSA) is 64.3 Å². The average molecular weight is 288 g/mol. The zero-order valence-corrected chi connectivity index (χ0v) is 12.1. The average Bonchev–Trinajstić information content (AvgIpc) is 2.49. The van der Waals surface area contributed by atoms with E-state index in [9.17, 15) is 9.18 Å². The van der Waals surface area contributed by atoms with Gasteiger partial charge in [-0.15, -0.1) is 0 Å². The zero-order valence-electron chi connectivity index (χ0n) is 12.1. The Labute approximate surface area is 123 Å². The molecule has 5 heteroatoms. The lowest BCUT2D eigenvalue weighted by atomic mass is 10.1. The summed E-state index contributed by atoms with van der Waals surface area (Å²) < 4.78 is 13.3. The molecule has 1 N–H and O–H groups in total. The minimum Gasteiger partial charge on any atom is -0.384 e. The Morgan fingerprint density at radius 3 is 2.81 bits per heavy atom. The van der Waals surface area contributed by atoms with Crippen LogP contribution in [0, 0.1) is 34.9 Å². The fraction of sp³-hybridized carbons (Fsp3) is 0.375. The Hall–Kier alpha value is -2.37. The van der Waals surface area contributed by atoms with E-state index in [1.54, 1.807) is 6.92 Å². The first kappa shape index (κ1) is 16.7. The Morgan fingerprint density at radius 1 is 1.52 bits per heavy atom. The predicted molar refractivity (Wildman–Crippen MR) is 76.7 cm³/mol. The maximum atomic E-state index is 13.3. The molecule has 0 saturated carbocycles. The second-order valence-electron chi connectivity index (χ2n) is 4.52. The number of nitrogens with zero attached hydrogens (tertiary/aromatic N) is 2. The van der Waals surface area contributed by atoms with Crippen LogP contribution in [-0.2, 0) is 0 Å². The van der Waals surface area contributed by atoms with Crippen molar-refractivity contribution in [2.75, 3.05) is 19.7 Å². The highest BCUT2D eigenvalue weighted by atomic mass is 19.1. The number of hydrogen-bond acceptors (Lipinski definition) is 3. The van der Waals surface area contributed by atoms with Gasteiger partial charge in [-0.25, -0.2) is 4.39 Å². The van der Waals surface area contributed by atoms with Crippen LogP contribution in [0.15, 0.2) is 18.2 Å². The molecule has 0 heterocycles. The van der Waals surface area contributed by atoms with E-state index in [1.807, 2.05) is 6.92 Å². The number of aliphatic hydroxyl groups is 1. The first-order valence-corrected chi connectivity index (χ1v) is 6.61. The van der Waals surface area contributed by atoms with Crippen LogP contribution in [0.4, 0.5) is 4.39 Å². The van der Waals surface area contributed by atoms with Crippen molar-refractivity contribution in [1.82, 2.24) is 4.90 Å². The smallest absolute Gasteiger partial charge is 0.255 e. The van der Waals surface area contributed by atoms with Crippen molar-refractivity contribution < 1.29 is 14.3 Å². The number of nitriles is 1. The van der Waals surface area contributed by atoms with Crippen LogP contribution >= 0.6 is 0 Å². The molecule has 0 aliphatic heterocycles. The van der Waals surface area contributed by atoms with Gasteiger partial charge in [0.25, 0.3) is 5.91 Å². The summed E-state index contributed by atoms with van der Waals surface area (Å²) in [6, 6.07) is 5.81. The van der Waals surface area contributed by atoms with Gasteiger partial charge in [-0.1, -0.05) is 11.8 Å². The van der Waals surface area contributed by atoms with Gasteiger partial charge in [0, 0.05) is 18.7 Å². The van der Waals surface area contributed by atoms with Gasteiger partial charge < -0.3 is 10.0 Å². The van der Waals surface area contributed by atoms with E-state index in [0.717, 1.165) is 6.07 Å². The Kier molecular flexibility index (Phi) is 6.39. The van der Waals surface area contributed by atoms with Crippen LogP contribution in [-0.4, -0.2) is 35.6 Å². The van der Waals surface area contributed by atoms with Crippen molar-refractivity contribution in [2.24, 2.45) is 5.92 Å². The highest BCUT2D eigenvalue weighted by Gasteiger charge is 2.19. The highest BCUT2D eigenvalue weighted by Crippen LogP contribution is 2.14. The van der Waals surface area contributed by atoms with Gasteiger partial charge in [-0.05, 0) is 32.0 Å². The summed E-state index contributed by atoms with van der Waals surface area (Å²) in [6.45, 7) is 3.91. The summed E-state index contributed by atoms with van der Waals surface area (Å²) in [5.41, 5.74) is 0.501. The number of hydrogen-bond donors (Lipinski definition) is 1. The molecule has 1 aromatic rings.